The molecule has 0 radical (unpaired) electrons. The van der Waals surface area contributed by atoms with E-state index < -0.39 is 12.1 Å². The molecule has 3 rings (SSSR count). The highest BCUT2D eigenvalue weighted by Crippen LogP contribution is 2.32. The average Bonchev–Trinajstić information content (AvgIpc) is 2.91. The highest BCUT2D eigenvalue weighted by Gasteiger charge is 2.34. The maximum absolute atomic E-state index is 12.8. The summed E-state index contributed by atoms with van der Waals surface area (Å²) in [6.07, 6.45) is 0.0993. The second kappa shape index (κ2) is 7.28. The third-order valence-corrected chi connectivity index (χ3v) is 4.61. The van der Waals surface area contributed by atoms with E-state index in [4.69, 9.17) is 16.3 Å². The topological polar surface area (TPSA) is 46.6 Å². The SMILES string of the molecule is C[C@H](OC(=O)Cc1ccc(Cl)cc1)C(=O)N1c2ccccc2C[C@H]1C. The maximum atomic E-state index is 12.8. The van der Waals surface area contributed by atoms with E-state index in [2.05, 4.69) is 0 Å². The first-order valence-electron chi connectivity index (χ1n) is 8.30. The van der Waals surface area contributed by atoms with Crippen LogP contribution in [-0.2, 0) is 27.2 Å². The Hall–Kier alpha value is -2.33. The van der Waals surface area contributed by atoms with Crippen molar-refractivity contribution in [2.24, 2.45) is 0 Å². The standard InChI is InChI=1S/C20H20ClNO3/c1-13-11-16-5-3-4-6-18(16)22(13)20(24)14(2)25-19(23)12-15-7-9-17(21)10-8-15/h3-10,13-14H,11-12H2,1-2H3/t13-,14+/m1/s1. The Morgan fingerprint density at radius 3 is 2.60 bits per heavy atom. The minimum absolute atomic E-state index is 0.0577. The van der Waals surface area contributed by atoms with Gasteiger partial charge in [-0.05, 0) is 49.6 Å². The van der Waals surface area contributed by atoms with Crippen LogP contribution in [0.5, 0.6) is 0 Å². The minimum atomic E-state index is -0.826. The lowest BCUT2D eigenvalue weighted by atomic mass is 10.1. The second-order valence-electron chi connectivity index (χ2n) is 6.33. The number of esters is 1. The van der Waals surface area contributed by atoms with Gasteiger partial charge in [0, 0.05) is 16.8 Å². The van der Waals surface area contributed by atoms with Gasteiger partial charge in [0.1, 0.15) is 0 Å². The second-order valence-corrected chi connectivity index (χ2v) is 6.76. The molecule has 5 heteroatoms. The number of carbonyl (C=O) groups excluding carboxylic acids is 2. The smallest absolute Gasteiger partial charge is 0.311 e. The quantitative estimate of drug-likeness (QED) is 0.782. The van der Waals surface area contributed by atoms with Gasteiger partial charge in [-0.1, -0.05) is 41.9 Å². The lowest BCUT2D eigenvalue weighted by molar-refractivity contribution is -0.153. The number of ether oxygens (including phenoxy) is 1. The zero-order valence-corrected chi connectivity index (χ0v) is 15.0. The molecular weight excluding hydrogens is 338 g/mol. The molecule has 0 unspecified atom stereocenters. The highest BCUT2D eigenvalue weighted by molar-refractivity contribution is 6.30. The van der Waals surface area contributed by atoms with E-state index in [1.807, 2.05) is 31.2 Å². The lowest BCUT2D eigenvalue weighted by Crippen LogP contribution is -2.43. The number of hydrogen-bond donors (Lipinski definition) is 0. The summed E-state index contributed by atoms with van der Waals surface area (Å²) in [7, 11) is 0. The van der Waals surface area contributed by atoms with Gasteiger partial charge in [-0.3, -0.25) is 9.59 Å². The Morgan fingerprint density at radius 1 is 1.20 bits per heavy atom. The number of nitrogens with zero attached hydrogens (tertiary/aromatic N) is 1. The van der Waals surface area contributed by atoms with Crippen molar-refractivity contribution in [3.05, 3.63) is 64.7 Å². The number of hydrogen-bond acceptors (Lipinski definition) is 3. The summed E-state index contributed by atoms with van der Waals surface area (Å²) in [6.45, 7) is 3.62. The highest BCUT2D eigenvalue weighted by atomic mass is 35.5. The van der Waals surface area contributed by atoms with Gasteiger partial charge in [0.05, 0.1) is 6.42 Å². The van der Waals surface area contributed by atoms with Crippen LogP contribution in [0.4, 0.5) is 5.69 Å². The Morgan fingerprint density at radius 2 is 1.88 bits per heavy atom. The fraction of sp³-hybridized carbons (Fsp3) is 0.300. The van der Waals surface area contributed by atoms with Crippen molar-refractivity contribution in [1.29, 1.82) is 0 Å². The third-order valence-electron chi connectivity index (χ3n) is 4.36. The van der Waals surface area contributed by atoms with Crippen molar-refractivity contribution in [3.8, 4) is 0 Å². The van der Waals surface area contributed by atoms with Crippen LogP contribution in [0.3, 0.4) is 0 Å². The molecular formula is C20H20ClNO3. The van der Waals surface area contributed by atoms with Gasteiger partial charge < -0.3 is 9.64 Å². The molecule has 0 spiro atoms. The van der Waals surface area contributed by atoms with Crippen LogP contribution < -0.4 is 4.90 Å². The fourth-order valence-corrected chi connectivity index (χ4v) is 3.28. The molecule has 0 aromatic heterocycles. The van der Waals surface area contributed by atoms with E-state index in [9.17, 15) is 9.59 Å². The van der Waals surface area contributed by atoms with E-state index in [1.165, 1.54) is 0 Å². The number of halogens is 1. The summed E-state index contributed by atoms with van der Waals surface area (Å²) in [5.41, 5.74) is 2.84. The molecule has 0 saturated carbocycles. The molecule has 0 fully saturated rings. The summed E-state index contributed by atoms with van der Waals surface area (Å²) in [5.74, 6) is -0.620. The minimum Gasteiger partial charge on any atom is -0.452 e. The zero-order valence-electron chi connectivity index (χ0n) is 14.2. The van der Waals surface area contributed by atoms with Crippen LogP contribution in [0.15, 0.2) is 48.5 Å². The molecule has 2 aromatic rings. The number of para-hydroxylation sites is 1. The van der Waals surface area contributed by atoms with Crippen molar-refractivity contribution in [3.63, 3.8) is 0 Å². The van der Waals surface area contributed by atoms with Gasteiger partial charge >= 0.3 is 5.97 Å². The molecule has 0 saturated heterocycles. The van der Waals surface area contributed by atoms with E-state index >= 15 is 0 Å². The van der Waals surface area contributed by atoms with Crippen molar-refractivity contribution < 1.29 is 14.3 Å². The van der Waals surface area contributed by atoms with Crippen molar-refractivity contribution in [2.45, 2.75) is 38.8 Å². The molecule has 1 aliphatic heterocycles. The number of rotatable bonds is 4. The van der Waals surface area contributed by atoms with Gasteiger partial charge in [0.2, 0.25) is 0 Å². The number of amides is 1. The van der Waals surface area contributed by atoms with Crippen LogP contribution in [-0.4, -0.2) is 24.0 Å². The lowest BCUT2D eigenvalue weighted by Gasteiger charge is -2.26. The first-order chi connectivity index (χ1) is 12.0. The molecule has 2 aromatic carbocycles. The molecule has 2 atom stereocenters. The average molecular weight is 358 g/mol. The van der Waals surface area contributed by atoms with E-state index in [-0.39, 0.29) is 18.4 Å². The maximum Gasteiger partial charge on any atom is 0.311 e. The third kappa shape index (κ3) is 3.85. The van der Waals surface area contributed by atoms with E-state index in [0.29, 0.717) is 5.02 Å². The largest absolute Gasteiger partial charge is 0.452 e. The van der Waals surface area contributed by atoms with Crippen LogP contribution in [0.1, 0.15) is 25.0 Å². The molecule has 1 aliphatic rings. The number of fused-ring (bicyclic) bond motifs is 1. The molecule has 0 N–H and O–H groups in total. The van der Waals surface area contributed by atoms with Crippen LogP contribution >= 0.6 is 11.6 Å². The number of benzene rings is 2. The van der Waals surface area contributed by atoms with Gasteiger partial charge in [0.15, 0.2) is 6.10 Å². The first-order valence-corrected chi connectivity index (χ1v) is 8.68. The molecule has 25 heavy (non-hydrogen) atoms. The molecule has 1 heterocycles. The normalized spacial score (nSPS) is 17.1. The van der Waals surface area contributed by atoms with Crippen molar-refractivity contribution in [2.75, 3.05) is 4.90 Å². The number of anilines is 1. The Balaban J connectivity index is 1.64. The summed E-state index contributed by atoms with van der Waals surface area (Å²) in [4.78, 5) is 26.6. The summed E-state index contributed by atoms with van der Waals surface area (Å²) < 4.78 is 5.36. The Labute approximate surface area is 152 Å². The van der Waals surface area contributed by atoms with Gasteiger partial charge in [-0.15, -0.1) is 0 Å². The molecule has 0 bridgehead atoms. The zero-order chi connectivity index (χ0) is 18.0. The summed E-state index contributed by atoms with van der Waals surface area (Å²) in [6, 6.07) is 14.9. The van der Waals surface area contributed by atoms with Crippen LogP contribution in [0, 0.1) is 0 Å². The predicted molar refractivity (Wildman–Crippen MR) is 97.8 cm³/mol. The van der Waals surface area contributed by atoms with Gasteiger partial charge in [0.25, 0.3) is 5.91 Å². The Bertz CT molecular complexity index is 788. The monoisotopic (exact) mass is 357 g/mol. The van der Waals surface area contributed by atoms with Crippen molar-refractivity contribution >= 4 is 29.2 Å². The molecule has 0 aliphatic carbocycles. The van der Waals surface area contributed by atoms with Crippen molar-refractivity contribution in [1.82, 2.24) is 0 Å². The van der Waals surface area contributed by atoms with Crippen LogP contribution in [0.25, 0.3) is 0 Å². The summed E-state index contributed by atoms with van der Waals surface area (Å²) in [5, 5.41) is 0.613. The van der Waals surface area contributed by atoms with Gasteiger partial charge in [-0.2, -0.15) is 0 Å². The first kappa shape index (κ1) is 17.5. The molecule has 4 nitrogen and oxygen atoms in total. The van der Waals surface area contributed by atoms with E-state index in [1.54, 1.807) is 36.1 Å². The Kier molecular flexibility index (Phi) is 5.09. The predicted octanol–water partition coefficient (Wildman–Crippen LogP) is 3.79. The number of carbonyl (C=O) groups is 2. The van der Waals surface area contributed by atoms with Gasteiger partial charge in [-0.25, -0.2) is 0 Å². The molecule has 130 valence electrons. The fourth-order valence-electron chi connectivity index (χ4n) is 3.16. The van der Waals surface area contributed by atoms with Crippen LogP contribution in [0.2, 0.25) is 5.02 Å². The summed E-state index contributed by atoms with van der Waals surface area (Å²) >= 11 is 5.84. The van der Waals surface area contributed by atoms with E-state index in [0.717, 1.165) is 23.2 Å². The molecule has 1 amide bonds.